The predicted molar refractivity (Wildman–Crippen MR) is 92.2 cm³/mol. The molecule has 4 heteroatoms. The Balaban J connectivity index is 1.95. The van der Waals surface area contributed by atoms with Gasteiger partial charge in [-0.3, -0.25) is 5.32 Å². The Bertz CT molecular complexity index is 710. The molecule has 2 aromatic carbocycles. The minimum absolute atomic E-state index is 0.0173. The molecule has 0 radical (unpaired) electrons. The lowest BCUT2D eigenvalue weighted by Crippen LogP contribution is -2.36. The number of carbonyl (C=O) groups is 1. The molecule has 0 aliphatic carbocycles. The van der Waals surface area contributed by atoms with Gasteiger partial charge < -0.3 is 4.74 Å². The average Bonchev–Trinajstić information content (AvgIpc) is 3.02. The van der Waals surface area contributed by atoms with E-state index in [1.54, 1.807) is 0 Å². The summed E-state index contributed by atoms with van der Waals surface area (Å²) in [6.07, 6.45) is 2.08. The van der Waals surface area contributed by atoms with Gasteiger partial charge >= 0.3 is 5.97 Å². The van der Waals surface area contributed by atoms with Gasteiger partial charge in [-0.2, -0.15) is 0 Å². The van der Waals surface area contributed by atoms with E-state index in [2.05, 4.69) is 11.4 Å². The third-order valence-corrected chi connectivity index (χ3v) is 4.11. The minimum atomic E-state index is -0.471. The maximum atomic E-state index is 12.3. The maximum Gasteiger partial charge on any atom is 0.327 e. The predicted octanol–water partition coefficient (Wildman–Crippen LogP) is 4.00. The summed E-state index contributed by atoms with van der Waals surface area (Å²) in [5.41, 5.74) is 3.01. The van der Waals surface area contributed by atoms with Gasteiger partial charge in [-0.1, -0.05) is 60.1 Å². The summed E-state index contributed by atoms with van der Waals surface area (Å²) in [4.78, 5) is 12.3. The number of benzene rings is 2. The Morgan fingerprint density at radius 1 is 1.13 bits per heavy atom. The van der Waals surface area contributed by atoms with Crippen LogP contribution in [-0.4, -0.2) is 18.6 Å². The van der Waals surface area contributed by atoms with Crippen LogP contribution >= 0.6 is 11.6 Å². The SMILES string of the molecule is CCOC(=O)[C@H]1N[C@@H](c2ccccc2)C=C1c1ccc(Cl)cc1. The second-order valence-corrected chi connectivity index (χ2v) is 5.81. The van der Waals surface area contributed by atoms with Crippen molar-refractivity contribution < 1.29 is 9.53 Å². The molecule has 1 aliphatic rings. The van der Waals surface area contributed by atoms with Crippen LogP contribution in [0.1, 0.15) is 24.1 Å². The van der Waals surface area contributed by atoms with E-state index in [0.29, 0.717) is 11.6 Å². The quantitative estimate of drug-likeness (QED) is 0.863. The van der Waals surface area contributed by atoms with E-state index in [-0.39, 0.29) is 12.0 Å². The molecule has 0 aromatic heterocycles. The lowest BCUT2D eigenvalue weighted by Gasteiger charge is -2.16. The van der Waals surface area contributed by atoms with E-state index in [9.17, 15) is 4.79 Å². The van der Waals surface area contributed by atoms with Crippen molar-refractivity contribution >= 4 is 23.1 Å². The summed E-state index contributed by atoms with van der Waals surface area (Å²) in [6.45, 7) is 2.17. The van der Waals surface area contributed by atoms with Crippen LogP contribution in [0.4, 0.5) is 0 Å². The molecule has 3 rings (SSSR count). The van der Waals surface area contributed by atoms with Crippen molar-refractivity contribution in [1.82, 2.24) is 5.32 Å². The summed E-state index contributed by atoms with van der Waals surface area (Å²) in [6, 6.07) is 17.1. The molecule has 0 bridgehead atoms. The molecule has 0 fully saturated rings. The monoisotopic (exact) mass is 327 g/mol. The second-order valence-electron chi connectivity index (χ2n) is 5.37. The normalized spacial score (nSPS) is 20.2. The van der Waals surface area contributed by atoms with Crippen LogP contribution in [0.2, 0.25) is 5.02 Å². The Hall–Kier alpha value is -2.10. The van der Waals surface area contributed by atoms with Crippen molar-refractivity contribution in [3.63, 3.8) is 0 Å². The lowest BCUT2D eigenvalue weighted by atomic mass is 9.99. The number of hydrogen-bond acceptors (Lipinski definition) is 3. The Labute approximate surface area is 140 Å². The third kappa shape index (κ3) is 3.46. The fourth-order valence-electron chi connectivity index (χ4n) is 2.77. The van der Waals surface area contributed by atoms with Crippen molar-refractivity contribution in [3.05, 3.63) is 76.8 Å². The van der Waals surface area contributed by atoms with Crippen molar-refractivity contribution in [1.29, 1.82) is 0 Å². The molecule has 0 saturated heterocycles. The van der Waals surface area contributed by atoms with Crippen LogP contribution in [0.5, 0.6) is 0 Å². The molecule has 2 aromatic rings. The van der Waals surface area contributed by atoms with E-state index in [4.69, 9.17) is 16.3 Å². The van der Waals surface area contributed by atoms with Crippen LogP contribution in [0.25, 0.3) is 5.57 Å². The van der Waals surface area contributed by atoms with E-state index >= 15 is 0 Å². The molecule has 23 heavy (non-hydrogen) atoms. The lowest BCUT2D eigenvalue weighted by molar-refractivity contribution is -0.143. The summed E-state index contributed by atoms with van der Waals surface area (Å²) in [5, 5.41) is 4.03. The van der Waals surface area contributed by atoms with Crippen LogP contribution in [0.3, 0.4) is 0 Å². The molecule has 2 atom stereocenters. The molecular weight excluding hydrogens is 310 g/mol. The summed E-state index contributed by atoms with van der Waals surface area (Å²) < 4.78 is 5.22. The van der Waals surface area contributed by atoms with Crippen molar-refractivity contribution in [2.24, 2.45) is 0 Å². The third-order valence-electron chi connectivity index (χ3n) is 3.86. The number of carbonyl (C=O) groups excluding carboxylic acids is 1. The summed E-state index contributed by atoms with van der Waals surface area (Å²) in [5.74, 6) is -0.257. The second kappa shape index (κ2) is 6.99. The van der Waals surface area contributed by atoms with E-state index in [1.807, 2.05) is 61.5 Å². The number of nitrogens with one attached hydrogen (secondary N) is 1. The zero-order valence-electron chi connectivity index (χ0n) is 12.8. The molecule has 0 saturated carbocycles. The Morgan fingerprint density at radius 3 is 2.48 bits per heavy atom. The first-order valence-electron chi connectivity index (χ1n) is 7.64. The topological polar surface area (TPSA) is 38.3 Å². The van der Waals surface area contributed by atoms with Gasteiger partial charge in [-0.15, -0.1) is 0 Å². The van der Waals surface area contributed by atoms with Gasteiger partial charge in [0.1, 0.15) is 6.04 Å². The number of esters is 1. The first kappa shape index (κ1) is 15.8. The highest BCUT2D eigenvalue weighted by molar-refractivity contribution is 6.30. The van der Waals surface area contributed by atoms with Crippen molar-refractivity contribution in [3.8, 4) is 0 Å². The minimum Gasteiger partial charge on any atom is -0.465 e. The number of hydrogen-bond donors (Lipinski definition) is 1. The molecule has 0 amide bonds. The van der Waals surface area contributed by atoms with Crippen molar-refractivity contribution in [2.45, 2.75) is 19.0 Å². The highest BCUT2D eigenvalue weighted by Crippen LogP contribution is 2.32. The highest BCUT2D eigenvalue weighted by Gasteiger charge is 2.33. The molecular formula is C19H18ClNO2. The number of rotatable bonds is 4. The fourth-order valence-corrected chi connectivity index (χ4v) is 2.90. The first-order valence-corrected chi connectivity index (χ1v) is 8.02. The molecule has 0 unspecified atom stereocenters. The van der Waals surface area contributed by atoms with Gasteiger partial charge in [-0.05, 0) is 35.8 Å². The van der Waals surface area contributed by atoms with Gasteiger partial charge in [0.05, 0.1) is 12.6 Å². The summed E-state index contributed by atoms with van der Waals surface area (Å²) >= 11 is 5.96. The zero-order chi connectivity index (χ0) is 16.2. The standard InChI is InChI=1S/C19H18ClNO2/c1-2-23-19(22)18-16(13-8-10-15(20)11-9-13)12-17(21-18)14-6-4-3-5-7-14/h3-12,17-18,21H,2H2,1H3/t17-,18+/m1/s1. The van der Waals surface area contributed by atoms with Crippen LogP contribution < -0.4 is 5.32 Å². The van der Waals surface area contributed by atoms with Gasteiger partial charge in [0, 0.05) is 5.02 Å². The van der Waals surface area contributed by atoms with Gasteiger partial charge in [0.25, 0.3) is 0 Å². The van der Waals surface area contributed by atoms with Gasteiger partial charge in [0.2, 0.25) is 0 Å². The fraction of sp³-hybridized carbons (Fsp3) is 0.211. The van der Waals surface area contributed by atoms with Crippen LogP contribution in [0, 0.1) is 0 Å². The zero-order valence-corrected chi connectivity index (χ0v) is 13.6. The van der Waals surface area contributed by atoms with E-state index < -0.39 is 6.04 Å². The molecule has 0 spiro atoms. The number of halogens is 1. The Kier molecular flexibility index (Phi) is 4.79. The van der Waals surface area contributed by atoms with Crippen molar-refractivity contribution in [2.75, 3.05) is 6.61 Å². The average molecular weight is 328 g/mol. The Morgan fingerprint density at radius 2 is 1.83 bits per heavy atom. The molecule has 1 aliphatic heterocycles. The largest absolute Gasteiger partial charge is 0.465 e. The highest BCUT2D eigenvalue weighted by atomic mass is 35.5. The van der Waals surface area contributed by atoms with Gasteiger partial charge in [-0.25, -0.2) is 4.79 Å². The molecule has 118 valence electrons. The number of ether oxygens (including phenoxy) is 1. The van der Waals surface area contributed by atoms with Crippen LogP contribution in [0.15, 0.2) is 60.7 Å². The molecule has 1 N–H and O–H groups in total. The van der Waals surface area contributed by atoms with Gasteiger partial charge in [0.15, 0.2) is 0 Å². The smallest absolute Gasteiger partial charge is 0.327 e. The molecule has 3 nitrogen and oxygen atoms in total. The maximum absolute atomic E-state index is 12.3. The van der Waals surface area contributed by atoms with E-state index in [0.717, 1.165) is 16.7 Å². The van der Waals surface area contributed by atoms with E-state index in [1.165, 1.54) is 0 Å². The summed E-state index contributed by atoms with van der Waals surface area (Å²) in [7, 11) is 0. The first-order chi connectivity index (χ1) is 11.2. The van der Waals surface area contributed by atoms with Crippen LogP contribution in [-0.2, 0) is 9.53 Å². The molecule has 1 heterocycles.